The smallest absolute Gasteiger partial charge is 0.244 e. The van der Waals surface area contributed by atoms with Crippen LogP contribution >= 0.6 is 23.2 Å². The van der Waals surface area contributed by atoms with Crippen molar-refractivity contribution in [3.05, 3.63) is 100 Å². The topological polar surface area (TPSA) is 86.8 Å². The van der Waals surface area contributed by atoms with Crippen LogP contribution in [0.1, 0.15) is 31.9 Å². The molecule has 0 aliphatic heterocycles. The van der Waals surface area contributed by atoms with E-state index in [4.69, 9.17) is 23.2 Å². The van der Waals surface area contributed by atoms with Crippen molar-refractivity contribution >= 4 is 50.7 Å². The van der Waals surface area contributed by atoms with Crippen molar-refractivity contribution in [2.24, 2.45) is 0 Å². The number of nitrogens with zero attached hydrogens (tertiary/aromatic N) is 2. The standard InChI is InChI=1S/C29H33Cl2N3O4S/c1-29(2,3)32-28(36)26(15-21-11-7-5-8-12-21)33(19-22-13-9-6-10-14-22)27(35)20-34(39(4,37)38)25-17-23(30)16-24(31)18-25/h5-14,16-18,26H,15,19-20H2,1-4H3,(H,32,36). The van der Waals surface area contributed by atoms with E-state index in [1.54, 1.807) is 0 Å². The van der Waals surface area contributed by atoms with Crippen molar-refractivity contribution in [1.29, 1.82) is 0 Å². The van der Waals surface area contributed by atoms with E-state index in [1.807, 2.05) is 81.4 Å². The molecule has 3 aromatic rings. The average Bonchev–Trinajstić information content (AvgIpc) is 2.83. The van der Waals surface area contributed by atoms with Crippen molar-refractivity contribution in [3.63, 3.8) is 0 Å². The second-order valence-electron chi connectivity index (χ2n) is 10.3. The number of carbonyl (C=O) groups excluding carboxylic acids is 2. The SMILES string of the molecule is CC(C)(C)NC(=O)C(Cc1ccccc1)N(Cc1ccccc1)C(=O)CN(c1cc(Cl)cc(Cl)c1)S(C)(=O)=O. The molecule has 208 valence electrons. The summed E-state index contributed by atoms with van der Waals surface area (Å²) in [4.78, 5) is 29.1. The number of halogens is 2. The minimum absolute atomic E-state index is 0.0998. The minimum Gasteiger partial charge on any atom is -0.350 e. The number of sulfonamides is 1. The molecule has 0 spiro atoms. The molecule has 0 heterocycles. The molecule has 1 atom stereocenters. The first-order chi connectivity index (χ1) is 18.2. The quantitative estimate of drug-likeness (QED) is 0.347. The van der Waals surface area contributed by atoms with Crippen LogP contribution in [0.2, 0.25) is 10.0 Å². The maximum Gasteiger partial charge on any atom is 0.244 e. The van der Waals surface area contributed by atoms with Gasteiger partial charge in [0.2, 0.25) is 21.8 Å². The summed E-state index contributed by atoms with van der Waals surface area (Å²) in [5.41, 5.74) is 1.26. The first kappa shape index (κ1) is 30.5. The highest BCUT2D eigenvalue weighted by molar-refractivity contribution is 7.92. The number of rotatable bonds is 10. The third-order valence-electron chi connectivity index (χ3n) is 5.78. The highest BCUT2D eigenvalue weighted by Crippen LogP contribution is 2.27. The van der Waals surface area contributed by atoms with E-state index < -0.39 is 34.1 Å². The van der Waals surface area contributed by atoms with Crippen molar-refractivity contribution in [2.75, 3.05) is 17.1 Å². The van der Waals surface area contributed by atoms with Crippen LogP contribution in [0.25, 0.3) is 0 Å². The fourth-order valence-electron chi connectivity index (χ4n) is 4.08. The Kier molecular flexibility index (Phi) is 10.0. The lowest BCUT2D eigenvalue weighted by Crippen LogP contribution is -2.56. The summed E-state index contributed by atoms with van der Waals surface area (Å²) in [7, 11) is -3.92. The number of benzene rings is 3. The molecule has 2 amide bonds. The van der Waals surface area contributed by atoms with Gasteiger partial charge < -0.3 is 10.2 Å². The van der Waals surface area contributed by atoms with E-state index in [0.717, 1.165) is 21.7 Å². The second-order valence-corrected chi connectivity index (χ2v) is 13.1. The van der Waals surface area contributed by atoms with Gasteiger partial charge in [0, 0.05) is 28.5 Å². The predicted octanol–water partition coefficient (Wildman–Crippen LogP) is 5.31. The first-order valence-electron chi connectivity index (χ1n) is 12.4. The summed E-state index contributed by atoms with van der Waals surface area (Å²) < 4.78 is 26.6. The van der Waals surface area contributed by atoms with E-state index in [2.05, 4.69) is 5.32 Å². The number of hydrogen-bond donors (Lipinski definition) is 1. The molecule has 0 radical (unpaired) electrons. The predicted molar refractivity (Wildman–Crippen MR) is 157 cm³/mol. The molecule has 3 aromatic carbocycles. The summed E-state index contributed by atoms with van der Waals surface area (Å²) in [5, 5.41) is 3.45. The number of hydrogen-bond acceptors (Lipinski definition) is 4. The largest absolute Gasteiger partial charge is 0.350 e. The van der Waals surface area contributed by atoms with E-state index in [-0.39, 0.29) is 34.6 Å². The summed E-state index contributed by atoms with van der Waals surface area (Å²) in [5.74, 6) is -0.891. The Morgan fingerprint density at radius 1 is 0.872 bits per heavy atom. The van der Waals surface area contributed by atoms with Gasteiger partial charge in [0.05, 0.1) is 11.9 Å². The van der Waals surface area contributed by atoms with Gasteiger partial charge in [0.25, 0.3) is 0 Å². The third-order valence-corrected chi connectivity index (χ3v) is 7.36. The molecule has 0 saturated carbocycles. The molecule has 0 aromatic heterocycles. The number of carbonyl (C=O) groups is 2. The van der Waals surface area contributed by atoms with E-state index in [1.165, 1.54) is 23.1 Å². The van der Waals surface area contributed by atoms with Gasteiger partial charge in [0.1, 0.15) is 12.6 Å². The Morgan fingerprint density at radius 2 is 1.38 bits per heavy atom. The molecular formula is C29H33Cl2N3O4S. The average molecular weight is 591 g/mol. The van der Waals surface area contributed by atoms with Crippen molar-refractivity contribution in [2.45, 2.75) is 45.3 Å². The number of amides is 2. The Labute approximate surface area is 240 Å². The molecule has 3 rings (SSSR count). The zero-order valence-corrected chi connectivity index (χ0v) is 24.7. The first-order valence-corrected chi connectivity index (χ1v) is 15.0. The van der Waals surface area contributed by atoms with Crippen molar-refractivity contribution in [1.82, 2.24) is 10.2 Å². The minimum atomic E-state index is -3.92. The maximum absolute atomic E-state index is 14.0. The maximum atomic E-state index is 14.0. The van der Waals surface area contributed by atoms with Gasteiger partial charge in [-0.25, -0.2) is 8.42 Å². The van der Waals surface area contributed by atoms with Crippen molar-refractivity contribution in [3.8, 4) is 0 Å². The van der Waals surface area contributed by atoms with Crippen LogP contribution in [-0.2, 0) is 32.6 Å². The highest BCUT2D eigenvalue weighted by atomic mass is 35.5. The van der Waals surface area contributed by atoms with Gasteiger partial charge in [-0.1, -0.05) is 83.9 Å². The molecule has 1 N–H and O–H groups in total. The van der Waals surface area contributed by atoms with E-state index in [0.29, 0.717) is 0 Å². The molecule has 39 heavy (non-hydrogen) atoms. The van der Waals surface area contributed by atoms with Crippen LogP contribution in [0.3, 0.4) is 0 Å². The zero-order valence-electron chi connectivity index (χ0n) is 22.4. The van der Waals surface area contributed by atoms with Gasteiger partial charge in [-0.2, -0.15) is 0 Å². The highest BCUT2D eigenvalue weighted by Gasteiger charge is 2.34. The lowest BCUT2D eigenvalue weighted by molar-refractivity contribution is -0.140. The van der Waals surface area contributed by atoms with E-state index >= 15 is 0 Å². The molecular weight excluding hydrogens is 557 g/mol. The van der Waals surface area contributed by atoms with Gasteiger partial charge in [-0.05, 0) is 50.1 Å². The van der Waals surface area contributed by atoms with Crippen LogP contribution < -0.4 is 9.62 Å². The molecule has 0 fully saturated rings. The van der Waals surface area contributed by atoms with Crippen LogP contribution in [0.4, 0.5) is 5.69 Å². The molecule has 7 nitrogen and oxygen atoms in total. The fourth-order valence-corrected chi connectivity index (χ4v) is 5.43. The third kappa shape index (κ3) is 9.27. The number of nitrogens with one attached hydrogen (secondary N) is 1. The molecule has 0 bridgehead atoms. The summed E-state index contributed by atoms with van der Waals surface area (Å²) in [6, 6.07) is 22.1. The summed E-state index contributed by atoms with van der Waals surface area (Å²) in [6.07, 6.45) is 1.24. The molecule has 0 aliphatic rings. The van der Waals surface area contributed by atoms with Crippen LogP contribution in [-0.4, -0.2) is 49.5 Å². The fraction of sp³-hybridized carbons (Fsp3) is 0.310. The Hall–Kier alpha value is -3.07. The zero-order chi connectivity index (χ0) is 28.8. The lowest BCUT2D eigenvalue weighted by atomic mass is 10.0. The Morgan fingerprint density at radius 3 is 1.87 bits per heavy atom. The number of anilines is 1. The van der Waals surface area contributed by atoms with Gasteiger partial charge in [-0.3, -0.25) is 13.9 Å². The molecule has 10 heteroatoms. The van der Waals surface area contributed by atoms with Crippen LogP contribution in [0.5, 0.6) is 0 Å². The van der Waals surface area contributed by atoms with Crippen LogP contribution in [0, 0.1) is 0 Å². The Balaban J connectivity index is 2.07. The van der Waals surface area contributed by atoms with E-state index in [9.17, 15) is 18.0 Å². The Bertz CT molecular complexity index is 1370. The molecule has 1 unspecified atom stereocenters. The van der Waals surface area contributed by atoms with Gasteiger partial charge in [0.15, 0.2) is 0 Å². The monoisotopic (exact) mass is 589 g/mol. The lowest BCUT2D eigenvalue weighted by Gasteiger charge is -2.35. The summed E-state index contributed by atoms with van der Waals surface area (Å²) in [6.45, 7) is 5.14. The van der Waals surface area contributed by atoms with Crippen molar-refractivity contribution < 1.29 is 18.0 Å². The molecule has 0 aliphatic carbocycles. The van der Waals surface area contributed by atoms with Gasteiger partial charge >= 0.3 is 0 Å². The second kappa shape index (κ2) is 12.9. The van der Waals surface area contributed by atoms with Crippen LogP contribution in [0.15, 0.2) is 78.9 Å². The summed E-state index contributed by atoms with van der Waals surface area (Å²) >= 11 is 12.3. The normalized spacial score (nSPS) is 12.5. The van der Waals surface area contributed by atoms with Gasteiger partial charge in [-0.15, -0.1) is 0 Å². The molecule has 0 saturated heterocycles.